The predicted molar refractivity (Wildman–Crippen MR) is 159 cm³/mol. The highest BCUT2D eigenvalue weighted by molar-refractivity contribution is 6.83. The highest BCUT2D eigenvalue weighted by atomic mass is 28.3. The molecule has 0 spiro atoms. The zero-order chi connectivity index (χ0) is 26.1. The van der Waals surface area contributed by atoms with Crippen LogP contribution in [0, 0.1) is 11.5 Å². The lowest BCUT2D eigenvalue weighted by Gasteiger charge is -2.31. The lowest BCUT2D eigenvalue weighted by Crippen LogP contribution is -2.28. The van der Waals surface area contributed by atoms with Crippen LogP contribution >= 0.6 is 0 Å². The van der Waals surface area contributed by atoms with Crippen molar-refractivity contribution < 1.29 is 0 Å². The van der Waals surface area contributed by atoms with E-state index in [-0.39, 0.29) is 0 Å². The topological polar surface area (TPSA) is 6.48 Å². The fourth-order valence-electron chi connectivity index (χ4n) is 5.09. The minimum absolute atomic E-state index is 0.458. The van der Waals surface area contributed by atoms with Gasteiger partial charge < -0.3 is 9.80 Å². The van der Waals surface area contributed by atoms with E-state index in [0.29, 0.717) is 23.7 Å². The highest BCUT2D eigenvalue weighted by Crippen LogP contribution is 2.41. The van der Waals surface area contributed by atoms with Crippen molar-refractivity contribution in [1.29, 1.82) is 0 Å². The summed E-state index contributed by atoms with van der Waals surface area (Å²) in [6.45, 7) is 28.7. The van der Waals surface area contributed by atoms with E-state index in [0.717, 1.165) is 19.8 Å². The third-order valence-corrected chi connectivity index (χ3v) is 7.83. The number of nitrogens with zero attached hydrogens (tertiary/aromatic N) is 2. The van der Waals surface area contributed by atoms with Gasteiger partial charge in [-0.25, -0.2) is 0 Å². The average molecular weight is 489 g/mol. The van der Waals surface area contributed by atoms with Crippen LogP contribution in [0.15, 0.2) is 30.3 Å². The molecule has 2 aromatic rings. The van der Waals surface area contributed by atoms with E-state index >= 15 is 0 Å². The fourth-order valence-corrected chi connectivity index (χ4v) is 5.61. The second-order valence-electron chi connectivity index (χ2n) is 12.6. The summed E-state index contributed by atoms with van der Waals surface area (Å²) in [5.74, 6) is 5.49. The molecule has 0 unspecified atom stereocenters. The smallest absolute Gasteiger partial charge is 0.129 e. The van der Waals surface area contributed by atoms with E-state index < -0.39 is 8.07 Å². The van der Waals surface area contributed by atoms with Crippen molar-refractivity contribution in [2.75, 3.05) is 29.6 Å². The Morgan fingerprint density at radius 2 is 1.06 bits per heavy atom. The Balaban J connectivity index is 2.09. The van der Waals surface area contributed by atoms with Gasteiger partial charge in [-0.15, -0.1) is 5.54 Å². The first-order chi connectivity index (χ1) is 16.3. The first-order valence-electron chi connectivity index (χ1n) is 13.6. The molecule has 1 saturated heterocycles. The molecule has 190 valence electrons. The van der Waals surface area contributed by atoms with Gasteiger partial charge in [0.25, 0.3) is 0 Å². The van der Waals surface area contributed by atoms with Crippen LogP contribution in [0.3, 0.4) is 0 Å². The second kappa shape index (κ2) is 10.8. The number of para-hydroxylation sites is 1. The van der Waals surface area contributed by atoms with Gasteiger partial charge in [-0.1, -0.05) is 99.2 Å². The monoisotopic (exact) mass is 488 g/mol. The summed E-state index contributed by atoms with van der Waals surface area (Å²) >= 11 is 0. The zero-order valence-electron chi connectivity index (χ0n) is 24.2. The molecule has 2 aromatic carbocycles. The van der Waals surface area contributed by atoms with E-state index in [1.54, 1.807) is 0 Å². The number of hydrogen-bond donors (Lipinski definition) is 0. The van der Waals surface area contributed by atoms with Gasteiger partial charge in [0, 0.05) is 30.0 Å². The highest BCUT2D eigenvalue weighted by Gasteiger charge is 2.29. The first-order valence-corrected chi connectivity index (χ1v) is 17.1. The van der Waals surface area contributed by atoms with Gasteiger partial charge in [-0.05, 0) is 58.1 Å². The van der Waals surface area contributed by atoms with Crippen molar-refractivity contribution in [3.05, 3.63) is 58.1 Å². The fraction of sp³-hybridized carbons (Fsp3) is 0.562. The van der Waals surface area contributed by atoms with E-state index in [9.17, 15) is 0 Å². The molecule has 1 fully saturated rings. The van der Waals surface area contributed by atoms with Gasteiger partial charge in [0.05, 0.1) is 6.67 Å². The lowest BCUT2D eigenvalue weighted by molar-refractivity contribution is 0.797. The molecular formula is C32H48N2Si. The molecule has 1 heterocycles. The average Bonchev–Trinajstić information content (AvgIpc) is 3.25. The Bertz CT molecular complexity index is 1040. The summed E-state index contributed by atoms with van der Waals surface area (Å²) < 4.78 is 0. The van der Waals surface area contributed by atoms with Gasteiger partial charge in [0.2, 0.25) is 0 Å². The number of rotatable bonds is 6. The predicted octanol–water partition coefficient (Wildman–Crippen LogP) is 8.69. The van der Waals surface area contributed by atoms with Crippen molar-refractivity contribution >= 4 is 19.4 Å². The summed E-state index contributed by atoms with van der Waals surface area (Å²) in [7, 11) is -1.42. The van der Waals surface area contributed by atoms with E-state index in [2.05, 4.69) is 127 Å². The van der Waals surface area contributed by atoms with Crippen molar-refractivity contribution in [3.63, 3.8) is 0 Å². The molecule has 0 amide bonds. The molecule has 0 aromatic heterocycles. The minimum Gasteiger partial charge on any atom is -0.352 e. The van der Waals surface area contributed by atoms with Gasteiger partial charge in [-0.3, -0.25) is 0 Å². The molecule has 0 aliphatic carbocycles. The van der Waals surface area contributed by atoms with Crippen LogP contribution < -0.4 is 9.80 Å². The number of anilines is 2. The quantitative estimate of drug-likeness (QED) is 0.296. The van der Waals surface area contributed by atoms with Crippen molar-refractivity contribution in [2.24, 2.45) is 0 Å². The second-order valence-corrected chi connectivity index (χ2v) is 17.3. The zero-order valence-corrected chi connectivity index (χ0v) is 25.2. The Hall–Kier alpha value is -2.18. The summed E-state index contributed by atoms with van der Waals surface area (Å²) in [5.41, 5.74) is 13.5. The van der Waals surface area contributed by atoms with E-state index in [1.807, 2.05) is 0 Å². The Morgan fingerprint density at radius 3 is 1.43 bits per heavy atom. The van der Waals surface area contributed by atoms with Crippen LogP contribution in [0.5, 0.6) is 0 Å². The van der Waals surface area contributed by atoms with Crippen LogP contribution in [-0.4, -0.2) is 27.8 Å². The molecule has 3 heteroatoms. The summed E-state index contributed by atoms with van der Waals surface area (Å²) in [6, 6.07) is 11.7. The molecule has 0 radical (unpaired) electrons. The minimum atomic E-state index is -1.42. The summed E-state index contributed by atoms with van der Waals surface area (Å²) in [6.07, 6.45) is 0. The Kier molecular flexibility index (Phi) is 8.48. The maximum Gasteiger partial charge on any atom is 0.129 e. The molecule has 0 N–H and O–H groups in total. The molecule has 0 atom stereocenters. The van der Waals surface area contributed by atoms with Crippen molar-refractivity contribution in [1.82, 2.24) is 0 Å². The maximum atomic E-state index is 3.59. The first kappa shape index (κ1) is 27.4. The third-order valence-electron chi connectivity index (χ3n) is 6.95. The number of hydrogen-bond acceptors (Lipinski definition) is 2. The molecule has 0 saturated carbocycles. The van der Waals surface area contributed by atoms with Crippen LogP contribution in [0.1, 0.15) is 107 Å². The molecular weight excluding hydrogens is 440 g/mol. The van der Waals surface area contributed by atoms with E-state index in [1.165, 1.54) is 39.2 Å². The molecule has 35 heavy (non-hydrogen) atoms. The Morgan fingerprint density at radius 1 is 0.657 bits per heavy atom. The van der Waals surface area contributed by atoms with Crippen molar-refractivity contribution in [2.45, 2.75) is 98.7 Å². The van der Waals surface area contributed by atoms with Gasteiger partial charge >= 0.3 is 0 Å². The standard InChI is InChI=1S/C32H48N2Si/c1-22(2)27-13-12-14-28(23(3)4)31(27)33-16-17-34(21-33)32-29(24(5)6)19-26(15-18-35(9,10)11)20-30(32)25(7)8/h12-14,19-20,22-25H,16-17,21H2,1-11H3. The van der Waals surface area contributed by atoms with E-state index in [4.69, 9.17) is 0 Å². The van der Waals surface area contributed by atoms with Crippen LogP contribution in [0.4, 0.5) is 11.4 Å². The maximum absolute atomic E-state index is 3.59. The van der Waals surface area contributed by atoms with Gasteiger partial charge in [0.1, 0.15) is 8.07 Å². The molecule has 1 aliphatic heterocycles. The molecule has 1 aliphatic rings. The van der Waals surface area contributed by atoms with Crippen LogP contribution in [0.2, 0.25) is 19.6 Å². The normalized spacial score (nSPS) is 14.5. The third kappa shape index (κ3) is 6.34. The lowest BCUT2D eigenvalue weighted by atomic mass is 9.89. The molecule has 3 rings (SSSR count). The van der Waals surface area contributed by atoms with Crippen LogP contribution in [-0.2, 0) is 0 Å². The molecule has 2 nitrogen and oxygen atoms in total. The number of benzene rings is 2. The SMILES string of the molecule is CC(C)c1cccc(C(C)C)c1N1CCN(c2c(C(C)C)cc(C#C[Si](C)(C)C)cc2C(C)C)C1. The van der Waals surface area contributed by atoms with Crippen molar-refractivity contribution in [3.8, 4) is 11.5 Å². The van der Waals surface area contributed by atoms with Gasteiger partial charge in [-0.2, -0.15) is 0 Å². The van der Waals surface area contributed by atoms with Gasteiger partial charge in [0.15, 0.2) is 0 Å². The largest absolute Gasteiger partial charge is 0.352 e. The Labute approximate surface area is 217 Å². The molecule has 0 bridgehead atoms. The summed E-state index contributed by atoms with van der Waals surface area (Å²) in [5, 5.41) is 0. The summed E-state index contributed by atoms with van der Waals surface area (Å²) in [4.78, 5) is 5.28. The van der Waals surface area contributed by atoms with Crippen LogP contribution in [0.25, 0.3) is 0 Å².